The molecule has 10 heteroatoms. The van der Waals surface area contributed by atoms with E-state index in [0.717, 1.165) is 92.0 Å². The lowest BCUT2D eigenvalue weighted by molar-refractivity contribution is -0.137. The van der Waals surface area contributed by atoms with Gasteiger partial charge in [-0.05, 0) is 44.2 Å². The number of ether oxygens (including phenoxy) is 1. The number of carbonyl (C=O) groups is 3. The molecule has 0 unspecified atom stereocenters. The highest BCUT2D eigenvalue weighted by atomic mass is 16.5. The van der Waals surface area contributed by atoms with Gasteiger partial charge in [0.25, 0.3) is 11.9 Å². The Morgan fingerprint density at radius 3 is 2.03 bits per heavy atom. The van der Waals surface area contributed by atoms with Crippen molar-refractivity contribution >= 4 is 23.5 Å². The van der Waals surface area contributed by atoms with Gasteiger partial charge >= 0.3 is 0 Å². The lowest BCUT2D eigenvalue weighted by atomic mass is 9.99. The Labute approximate surface area is 220 Å². The number of piperazine rings is 1. The molecule has 1 aromatic carbocycles. The normalized spacial score (nSPS) is 23.0. The molecule has 3 aliphatic rings. The zero-order valence-electron chi connectivity index (χ0n) is 22.5. The van der Waals surface area contributed by atoms with Gasteiger partial charge in [0.15, 0.2) is 0 Å². The monoisotopic (exact) mass is 520 g/mol. The highest BCUT2D eigenvalue weighted by Crippen LogP contribution is 2.25. The topological polar surface area (TPSA) is 137 Å². The Kier molecular flexibility index (Phi) is 12.8. The first kappa shape index (κ1) is 30.5. The van der Waals surface area contributed by atoms with Crippen molar-refractivity contribution in [1.82, 2.24) is 9.80 Å². The third kappa shape index (κ3) is 10.7. The summed E-state index contributed by atoms with van der Waals surface area (Å²) in [6, 6.07) is 9.21. The first-order valence-electron chi connectivity index (χ1n) is 13.1. The number of para-hydroxylation sites is 1. The van der Waals surface area contributed by atoms with E-state index in [0.29, 0.717) is 11.9 Å². The Morgan fingerprint density at radius 2 is 1.46 bits per heavy atom. The van der Waals surface area contributed by atoms with Gasteiger partial charge in [-0.2, -0.15) is 0 Å². The Hall–Kier alpha value is -2.69. The van der Waals surface area contributed by atoms with E-state index in [-0.39, 0.29) is 12.0 Å². The number of aryl methyl sites for hydroxylation is 1. The van der Waals surface area contributed by atoms with E-state index < -0.39 is 11.9 Å². The van der Waals surface area contributed by atoms with Crippen LogP contribution < -0.4 is 10.6 Å². The fraction of sp³-hybridized carbons (Fsp3) is 0.667. The molecule has 2 atom stereocenters. The number of anilines is 1. The van der Waals surface area contributed by atoms with Gasteiger partial charge in [0.2, 0.25) is 5.91 Å². The van der Waals surface area contributed by atoms with Gasteiger partial charge in [0.1, 0.15) is 0 Å². The van der Waals surface area contributed by atoms with Gasteiger partial charge in [-0.25, -0.2) is 0 Å². The highest BCUT2D eigenvalue weighted by Gasteiger charge is 2.34. The number of amides is 1. The number of likely N-dealkylation sites (tertiary alicyclic amines) is 1. The molecule has 208 valence electrons. The largest absolute Gasteiger partial charge is 0.481 e. The molecule has 4 N–H and O–H groups in total. The van der Waals surface area contributed by atoms with Crippen LogP contribution in [0.25, 0.3) is 0 Å². The molecule has 1 aromatic rings. The molecule has 37 heavy (non-hydrogen) atoms. The van der Waals surface area contributed by atoms with Crippen LogP contribution in [0.15, 0.2) is 24.3 Å². The molecule has 0 aliphatic carbocycles. The van der Waals surface area contributed by atoms with Crippen molar-refractivity contribution in [1.29, 1.82) is 0 Å². The van der Waals surface area contributed by atoms with Gasteiger partial charge in [-0.1, -0.05) is 18.2 Å². The Balaban J connectivity index is 0.000000530. The molecular weight excluding hydrogens is 476 g/mol. The molecule has 3 fully saturated rings. The fourth-order valence-corrected chi connectivity index (χ4v) is 5.15. The number of hydrogen-bond acceptors (Lipinski definition) is 7. The van der Waals surface area contributed by atoms with Crippen LogP contribution in [0.5, 0.6) is 0 Å². The SMILES string of the molecule is CC(=O)O.CC(=O)O.Cc1ccccc1N1CCN(C(=O)[C@@H]2CC[C@H](N)CN(C3CCOCC3)C2)CC1. The summed E-state index contributed by atoms with van der Waals surface area (Å²) in [6.07, 6.45) is 3.97. The maximum absolute atomic E-state index is 13.4. The summed E-state index contributed by atoms with van der Waals surface area (Å²) in [4.78, 5) is 38.4. The van der Waals surface area contributed by atoms with Gasteiger partial charge < -0.3 is 30.5 Å². The number of carboxylic acid groups (broad SMARTS) is 2. The van der Waals surface area contributed by atoms with Gasteiger partial charge in [-0.15, -0.1) is 0 Å². The first-order chi connectivity index (χ1) is 17.6. The van der Waals surface area contributed by atoms with Crippen molar-refractivity contribution in [2.45, 2.75) is 58.5 Å². The molecule has 0 bridgehead atoms. The molecule has 0 radical (unpaired) electrons. The van der Waals surface area contributed by atoms with Crippen molar-refractivity contribution in [3.63, 3.8) is 0 Å². The summed E-state index contributed by atoms with van der Waals surface area (Å²) in [5, 5.41) is 14.8. The number of nitrogens with zero attached hydrogens (tertiary/aromatic N) is 3. The standard InChI is InChI=1S/C23H36N4O2.2C2H4O2/c1-18-4-2-3-5-22(18)25-10-12-26(13-11-25)23(28)19-6-7-20(24)17-27(16-19)21-8-14-29-15-9-21;2*1-2(3)4/h2-5,19-21H,6-17,24H2,1H3;2*1H3,(H,3,4)/t19-,20+;;/m1../s1. The minimum atomic E-state index is -0.833. The maximum atomic E-state index is 13.4. The highest BCUT2D eigenvalue weighted by molar-refractivity contribution is 5.79. The molecule has 1 amide bonds. The lowest BCUT2D eigenvalue weighted by Crippen LogP contribution is -2.52. The van der Waals surface area contributed by atoms with Crippen molar-refractivity contribution in [3.05, 3.63) is 29.8 Å². The number of benzene rings is 1. The van der Waals surface area contributed by atoms with E-state index in [1.165, 1.54) is 11.3 Å². The molecule has 10 nitrogen and oxygen atoms in total. The van der Waals surface area contributed by atoms with Crippen LogP contribution in [0, 0.1) is 12.8 Å². The van der Waals surface area contributed by atoms with E-state index in [1.54, 1.807) is 0 Å². The van der Waals surface area contributed by atoms with Crippen LogP contribution in [0.2, 0.25) is 0 Å². The second-order valence-electron chi connectivity index (χ2n) is 9.97. The number of rotatable bonds is 3. The van der Waals surface area contributed by atoms with E-state index in [9.17, 15) is 4.79 Å². The van der Waals surface area contributed by atoms with Crippen molar-refractivity contribution in [2.24, 2.45) is 11.7 Å². The molecule has 0 aromatic heterocycles. The molecular formula is C27H44N4O6. The number of carbonyl (C=O) groups excluding carboxylic acids is 1. The van der Waals surface area contributed by atoms with Gasteiger partial charge in [0, 0.05) is 84.1 Å². The van der Waals surface area contributed by atoms with Crippen molar-refractivity contribution in [3.8, 4) is 0 Å². The van der Waals surface area contributed by atoms with Crippen LogP contribution in [0.4, 0.5) is 5.69 Å². The van der Waals surface area contributed by atoms with Crippen LogP contribution in [0.3, 0.4) is 0 Å². The third-order valence-electron chi connectivity index (χ3n) is 6.91. The first-order valence-corrected chi connectivity index (χ1v) is 13.1. The molecule has 3 aliphatic heterocycles. The summed E-state index contributed by atoms with van der Waals surface area (Å²) in [6.45, 7) is 11.2. The van der Waals surface area contributed by atoms with E-state index in [4.69, 9.17) is 30.3 Å². The predicted molar refractivity (Wildman–Crippen MR) is 143 cm³/mol. The van der Waals surface area contributed by atoms with Crippen molar-refractivity contribution in [2.75, 3.05) is 57.4 Å². The summed E-state index contributed by atoms with van der Waals surface area (Å²) < 4.78 is 5.54. The number of hydrogen-bond donors (Lipinski definition) is 3. The smallest absolute Gasteiger partial charge is 0.300 e. The van der Waals surface area contributed by atoms with Crippen LogP contribution in [-0.4, -0.2) is 102 Å². The molecule has 3 heterocycles. The van der Waals surface area contributed by atoms with Gasteiger partial charge in [-0.3, -0.25) is 19.3 Å². The van der Waals surface area contributed by atoms with E-state index >= 15 is 0 Å². The second kappa shape index (κ2) is 15.5. The Morgan fingerprint density at radius 1 is 0.892 bits per heavy atom. The number of aliphatic carboxylic acids is 2. The predicted octanol–water partition coefficient (Wildman–Crippen LogP) is 2.04. The average molecular weight is 521 g/mol. The minimum Gasteiger partial charge on any atom is -0.481 e. The Bertz CT molecular complexity index is 848. The quantitative estimate of drug-likeness (QED) is 0.547. The molecule has 0 spiro atoms. The summed E-state index contributed by atoms with van der Waals surface area (Å²) >= 11 is 0. The minimum absolute atomic E-state index is 0.0800. The third-order valence-corrected chi connectivity index (χ3v) is 6.91. The zero-order chi connectivity index (χ0) is 27.4. The maximum Gasteiger partial charge on any atom is 0.300 e. The molecule has 4 rings (SSSR count). The molecule has 3 saturated heterocycles. The summed E-state index contributed by atoms with van der Waals surface area (Å²) in [5.74, 6) is -1.25. The number of nitrogens with two attached hydrogens (primary N) is 1. The lowest BCUT2D eigenvalue weighted by Gasteiger charge is -2.39. The fourth-order valence-electron chi connectivity index (χ4n) is 5.15. The molecule has 0 saturated carbocycles. The van der Waals surface area contributed by atoms with E-state index in [1.807, 2.05) is 0 Å². The average Bonchev–Trinajstić information content (AvgIpc) is 3.06. The van der Waals surface area contributed by atoms with Gasteiger partial charge in [0.05, 0.1) is 5.92 Å². The number of carboxylic acids is 2. The zero-order valence-corrected chi connectivity index (χ0v) is 22.5. The van der Waals surface area contributed by atoms with E-state index in [2.05, 4.69) is 45.9 Å². The van der Waals surface area contributed by atoms with Crippen LogP contribution >= 0.6 is 0 Å². The second-order valence-corrected chi connectivity index (χ2v) is 9.97. The van der Waals surface area contributed by atoms with Crippen LogP contribution in [0.1, 0.15) is 45.1 Å². The summed E-state index contributed by atoms with van der Waals surface area (Å²) in [5.41, 5.74) is 8.96. The van der Waals surface area contributed by atoms with Crippen molar-refractivity contribution < 1.29 is 29.3 Å². The summed E-state index contributed by atoms with van der Waals surface area (Å²) in [7, 11) is 0. The van der Waals surface area contributed by atoms with Crippen LogP contribution in [-0.2, 0) is 19.1 Å².